The highest BCUT2D eigenvalue weighted by Crippen LogP contribution is 2.26. The number of hydrogen-bond acceptors (Lipinski definition) is 2. The van der Waals surface area contributed by atoms with Gasteiger partial charge in [-0.15, -0.1) is 0 Å². The third-order valence-corrected chi connectivity index (χ3v) is 1.54. The summed E-state index contributed by atoms with van der Waals surface area (Å²) >= 11 is 0. The van der Waals surface area contributed by atoms with Crippen LogP contribution in [0.5, 0.6) is 0 Å². The first-order chi connectivity index (χ1) is 4.52. The molecule has 1 heterocycles. The molecule has 1 aliphatic heterocycles. The summed E-state index contributed by atoms with van der Waals surface area (Å²) in [4.78, 5) is 0. The molecule has 0 aromatic rings. The molecule has 1 fully saturated rings. The van der Waals surface area contributed by atoms with Crippen molar-refractivity contribution in [3.63, 3.8) is 0 Å². The summed E-state index contributed by atoms with van der Waals surface area (Å²) in [5.41, 5.74) is 0. The molecule has 1 aliphatic rings. The number of nitrogens with one attached hydrogen (secondary N) is 1. The highest BCUT2D eigenvalue weighted by molar-refractivity contribution is 4.88. The van der Waals surface area contributed by atoms with Crippen molar-refractivity contribution in [2.24, 2.45) is 0 Å². The molecule has 0 aliphatic carbocycles. The maximum absolute atomic E-state index is 11.8. The fourth-order valence-electron chi connectivity index (χ4n) is 1.02. The van der Waals surface area contributed by atoms with E-state index < -0.39 is 18.3 Å². The van der Waals surface area contributed by atoms with Gasteiger partial charge in [-0.2, -0.15) is 13.2 Å². The van der Waals surface area contributed by atoms with Gasteiger partial charge < -0.3 is 10.4 Å². The summed E-state index contributed by atoms with van der Waals surface area (Å²) in [7, 11) is 0. The Kier molecular flexibility index (Phi) is 1.87. The predicted octanol–water partition coefficient (Wildman–Crippen LogP) is 0.271. The maximum Gasteiger partial charge on any atom is 0.406 e. The van der Waals surface area contributed by atoms with E-state index in [4.69, 9.17) is 5.11 Å². The van der Waals surface area contributed by atoms with Crippen molar-refractivity contribution >= 4 is 0 Å². The van der Waals surface area contributed by atoms with Crippen molar-refractivity contribution < 1.29 is 18.3 Å². The molecular formula is C5H8F3NO. The van der Waals surface area contributed by atoms with E-state index in [1.165, 1.54) is 0 Å². The molecule has 10 heavy (non-hydrogen) atoms. The topological polar surface area (TPSA) is 32.3 Å². The fourth-order valence-corrected chi connectivity index (χ4v) is 1.02. The van der Waals surface area contributed by atoms with Crippen molar-refractivity contribution in [1.82, 2.24) is 5.32 Å². The Bertz CT molecular complexity index is 125. The first-order valence-corrected chi connectivity index (χ1v) is 3.00. The van der Waals surface area contributed by atoms with E-state index in [1.54, 1.807) is 0 Å². The van der Waals surface area contributed by atoms with Crippen LogP contribution in [0.3, 0.4) is 0 Å². The van der Waals surface area contributed by atoms with E-state index in [-0.39, 0.29) is 13.0 Å². The van der Waals surface area contributed by atoms with E-state index in [9.17, 15) is 13.2 Å². The third-order valence-electron chi connectivity index (χ3n) is 1.54. The lowest BCUT2D eigenvalue weighted by Gasteiger charge is -2.17. The van der Waals surface area contributed by atoms with E-state index in [0.717, 1.165) is 0 Å². The molecule has 0 spiro atoms. The van der Waals surface area contributed by atoms with Gasteiger partial charge in [0.25, 0.3) is 0 Å². The van der Waals surface area contributed by atoms with Gasteiger partial charge in [-0.05, 0) is 13.0 Å². The normalized spacial score (nSPS) is 34.8. The quantitative estimate of drug-likeness (QED) is 0.526. The second kappa shape index (κ2) is 2.39. The molecule has 2 atom stereocenters. The Morgan fingerprint density at radius 2 is 2.00 bits per heavy atom. The van der Waals surface area contributed by atoms with Gasteiger partial charge in [0, 0.05) is 0 Å². The van der Waals surface area contributed by atoms with Crippen molar-refractivity contribution in [3.8, 4) is 0 Å². The zero-order chi connectivity index (χ0) is 7.78. The van der Waals surface area contributed by atoms with Crippen LogP contribution in [0.25, 0.3) is 0 Å². The average Bonchev–Trinajstić information content (AvgIpc) is 2.11. The number of aliphatic hydroxyl groups excluding tert-OH is 1. The number of alkyl halides is 3. The van der Waals surface area contributed by atoms with Gasteiger partial charge in [-0.3, -0.25) is 0 Å². The second-order valence-electron chi connectivity index (χ2n) is 2.33. The minimum absolute atomic E-state index is 0.185. The van der Waals surface area contributed by atoms with Crippen molar-refractivity contribution in [1.29, 1.82) is 0 Å². The molecule has 0 radical (unpaired) electrons. The van der Waals surface area contributed by atoms with Crippen molar-refractivity contribution in [3.05, 3.63) is 0 Å². The monoisotopic (exact) mass is 155 g/mol. The number of rotatable bonds is 0. The Balaban J connectivity index is 2.55. The van der Waals surface area contributed by atoms with Gasteiger partial charge in [-0.1, -0.05) is 0 Å². The summed E-state index contributed by atoms with van der Waals surface area (Å²) in [6, 6.07) is -1.72. The van der Waals surface area contributed by atoms with Crippen LogP contribution in [-0.4, -0.2) is 30.0 Å². The molecule has 1 saturated heterocycles. The average molecular weight is 155 g/mol. The van der Waals surface area contributed by atoms with Crippen LogP contribution < -0.4 is 5.32 Å². The smallest absolute Gasteiger partial charge is 0.391 e. The highest BCUT2D eigenvalue weighted by Gasteiger charge is 2.46. The van der Waals surface area contributed by atoms with Gasteiger partial charge in [0.15, 0.2) is 0 Å². The van der Waals surface area contributed by atoms with Gasteiger partial charge >= 0.3 is 6.18 Å². The molecule has 0 amide bonds. The lowest BCUT2D eigenvalue weighted by atomic mass is 10.2. The van der Waals surface area contributed by atoms with Gasteiger partial charge in [0.05, 0.1) is 6.10 Å². The zero-order valence-corrected chi connectivity index (χ0v) is 5.15. The van der Waals surface area contributed by atoms with Crippen LogP contribution >= 0.6 is 0 Å². The highest BCUT2D eigenvalue weighted by atomic mass is 19.4. The van der Waals surface area contributed by atoms with Crippen LogP contribution in [-0.2, 0) is 0 Å². The van der Waals surface area contributed by atoms with E-state index in [2.05, 4.69) is 5.32 Å². The summed E-state index contributed by atoms with van der Waals surface area (Å²) in [5, 5.41) is 10.9. The second-order valence-corrected chi connectivity index (χ2v) is 2.33. The summed E-state index contributed by atoms with van der Waals surface area (Å²) < 4.78 is 35.4. The van der Waals surface area contributed by atoms with Crippen LogP contribution in [0.4, 0.5) is 13.2 Å². The lowest BCUT2D eigenvalue weighted by molar-refractivity contribution is -0.169. The Morgan fingerprint density at radius 3 is 2.20 bits per heavy atom. The first-order valence-electron chi connectivity index (χ1n) is 3.00. The third kappa shape index (κ3) is 1.41. The Labute approximate surface area is 56.0 Å². The number of aliphatic hydroxyl groups is 1. The predicted molar refractivity (Wildman–Crippen MR) is 28.5 cm³/mol. The number of hydrogen-bond donors (Lipinski definition) is 2. The molecule has 60 valence electrons. The molecule has 0 saturated carbocycles. The molecule has 5 heteroatoms. The standard InChI is InChI=1S/C5H8F3NO/c6-5(7,8)4-3(10)1-2-9-4/h3-4,9-10H,1-2H2. The molecule has 2 unspecified atom stereocenters. The number of halogens is 3. The molecule has 0 bridgehead atoms. The first kappa shape index (κ1) is 7.81. The van der Waals surface area contributed by atoms with E-state index in [1.807, 2.05) is 0 Å². The fraction of sp³-hybridized carbons (Fsp3) is 1.00. The minimum Gasteiger partial charge on any atom is -0.391 e. The summed E-state index contributed by atoms with van der Waals surface area (Å²) in [6.45, 7) is 0.241. The van der Waals surface area contributed by atoms with Crippen LogP contribution in [0, 0.1) is 0 Å². The Hall–Kier alpha value is -0.290. The van der Waals surface area contributed by atoms with Crippen LogP contribution in [0.1, 0.15) is 6.42 Å². The molecule has 1 rings (SSSR count). The molecule has 0 aromatic heterocycles. The van der Waals surface area contributed by atoms with Crippen LogP contribution in [0.15, 0.2) is 0 Å². The molecule has 0 aromatic carbocycles. The maximum atomic E-state index is 11.8. The van der Waals surface area contributed by atoms with Gasteiger partial charge in [0.2, 0.25) is 0 Å². The SMILES string of the molecule is OC1CCNC1C(F)(F)F. The van der Waals surface area contributed by atoms with Gasteiger partial charge in [0.1, 0.15) is 6.04 Å². The molecule has 2 N–H and O–H groups in total. The molecular weight excluding hydrogens is 147 g/mol. The van der Waals surface area contributed by atoms with E-state index in [0.29, 0.717) is 0 Å². The summed E-state index contributed by atoms with van der Waals surface area (Å²) in [6.07, 6.45) is -5.39. The lowest BCUT2D eigenvalue weighted by Crippen LogP contribution is -2.43. The molecule has 2 nitrogen and oxygen atoms in total. The van der Waals surface area contributed by atoms with Crippen LogP contribution in [0.2, 0.25) is 0 Å². The van der Waals surface area contributed by atoms with Crippen molar-refractivity contribution in [2.45, 2.75) is 24.7 Å². The van der Waals surface area contributed by atoms with Crippen molar-refractivity contribution in [2.75, 3.05) is 6.54 Å². The van der Waals surface area contributed by atoms with Gasteiger partial charge in [-0.25, -0.2) is 0 Å². The largest absolute Gasteiger partial charge is 0.406 e. The minimum atomic E-state index is -4.31. The summed E-state index contributed by atoms with van der Waals surface area (Å²) in [5.74, 6) is 0. The Morgan fingerprint density at radius 1 is 1.40 bits per heavy atom. The van der Waals surface area contributed by atoms with E-state index >= 15 is 0 Å². The zero-order valence-electron chi connectivity index (χ0n) is 5.15.